The first-order valence-corrected chi connectivity index (χ1v) is 8.65. The summed E-state index contributed by atoms with van der Waals surface area (Å²) >= 11 is 7.09. The van der Waals surface area contributed by atoms with E-state index in [9.17, 15) is 10.1 Å². The lowest BCUT2D eigenvalue weighted by Gasteiger charge is -2.07. The summed E-state index contributed by atoms with van der Waals surface area (Å²) in [7, 11) is 0. The van der Waals surface area contributed by atoms with Crippen LogP contribution in [0.25, 0.3) is 11.5 Å². The third kappa shape index (κ3) is 4.41. The fraction of sp³-hybridized carbons (Fsp3) is 0.0556. The molecule has 7 heteroatoms. The van der Waals surface area contributed by atoms with Gasteiger partial charge in [-0.3, -0.25) is 4.79 Å². The predicted octanol–water partition coefficient (Wildman–Crippen LogP) is 4.60. The number of nitrogens with one attached hydrogen (secondary N) is 1. The van der Waals surface area contributed by atoms with Crippen LogP contribution in [0.15, 0.2) is 64.2 Å². The van der Waals surface area contributed by atoms with Gasteiger partial charge >= 0.3 is 0 Å². The average Bonchev–Trinajstić information content (AvgIpc) is 3.14. The number of amides is 1. The topological polar surface area (TPSA) is 78.9 Å². The van der Waals surface area contributed by atoms with Gasteiger partial charge in [-0.2, -0.15) is 5.26 Å². The van der Waals surface area contributed by atoms with E-state index in [0.717, 1.165) is 0 Å². The largest absolute Gasteiger partial charge is 0.463 e. The highest BCUT2D eigenvalue weighted by atomic mass is 35.5. The fourth-order valence-corrected chi connectivity index (χ4v) is 3.06. The van der Waals surface area contributed by atoms with Crippen LogP contribution in [0.4, 0.5) is 5.69 Å². The van der Waals surface area contributed by atoms with Crippen LogP contribution in [0.5, 0.6) is 0 Å². The maximum Gasteiger partial charge on any atom is 0.234 e. The molecule has 0 spiro atoms. The summed E-state index contributed by atoms with van der Waals surface area (Å²) < 4.78 is 5.32. The Balaban J connectivity index is 1.70. The number of rotatable bonds is 5. The number of carbonyl (C=O) groups is 1. The Hall–Kier alpha value is -2.75. The Morgan fingerprint density at radius 2 is 2.16 bits per heavy atom. The van der Waals surface area contributed by atoms with Crippen molar-refractivity contribution in [1.82, 2.24) is 4.98 Å². The van der Waals surface area contributed by atoms with Gasteiger partial charge in [-0.05, 0) is 42.5 Å². The van der Waals surface area contributed by atoms with Crippen LogP contribution in [-0.2, 0) is 4.79 Å². The van der Waals surface area contributed by atoms with Gasteiger partial charge in [0.2, 0.25) is 5.91 Å². The molecule has 2 aromatic heterocycles. The van der Waals surface area contributed by atoms with Crippen LogP contribution < -0.4 is 5.32 Å². The van der Waals surface area contributed by atoms with E-state index in [4.69, 9.17) is 16.0 Å². The minimum Gasteiger partial charge on any atom is -0.463 e. The van der Waals surface area contributed by atoms with Crippen molar-refractivity contribution >= 4 is 35.0 Å². The van der Waals surface area contributed by atoms with Gasteiger partial charge in [0.05, 0.1) is 17.6 Å². The zero-order valence-electron chi connectivity index (χ0n) is 12.9. The molecule has 25 heavy (non-hydrogen) atoms. The molecule has 124 valence electrons. The molecule has 3 rings (SSSR count). The van der Waals surface area contributed by atoms with E-state index in [1.54, 1.807) is 54.8 Å². The first-order chi connectivity index (χ1) is 12.2. The number of benzene rings is 1. The smallest absolute Gasteiger partial charge is 0.234 e. The summed E-state index contributed by atoms with van der Waals surface area (Å²) in [4.78, 5) is 16.5. The number of halogens is 1. The predicted molar refractivity (Wildman–Crippen MR) is 97.5 cm³/mol. The molecule has 0 unspecified atom stereocenters. The van der Waals surface area contributed by atoms with E-state index in [1.165, 1.54) is 11.8 Å². The van der Waals surface area contributed by atoms with Crippen LogP contribution in [-0.4, -0.2) is 16.6 Å². The summed E-state index contributed by atoms with van der Waals surface area (Å²) in [5, 5.41) is 13.0. The van der Waals surface area contributed by atoms with Crippen molar-refractivity contribution in [1.29, 1.82) is 5.26 Å². The zero-order chi connectivity index (χ0) is 17.6. The van der Waals surface area contributed by atoms with E-state index in [-0.39, 0.29) is 11.7 Å². The number of aromatic nitrogens is 1. The Labute approximate surface area is 153 Å². The van der Waals surface area contributed by atoms with Crippen LogP contribution in [0.3, 0.4) is 0 Å². The number of furan rings is 1. The zero-order valence-corrected chi connectivity index (χ0v) is 14.5. The highest BCUT2D eigenvalue weighted by Crippen LogP contribution is 2.25. The third-order valence-corrected chi connectivity index (χ3v) is 4.43. The lowest BCUT2D eigenvalue weighted by atomic mass is 10.2. The molecule has 0 aliphatic heterocycles. The van der Waals surface area contributed by atoms with E-state index >= 15 is 0 Å². The molecule has 1 N–H and O–H groups in total. The van der Waals surface area contributed by atoms with Gasteiger partial charge in [-0.1, -0.05) is 29.4 Å². The molecule has 0 atom stereocenters. The normalized spacial score (nSPS) is 10.2. The molecule has 1 aromatic carbocycles. The molecule has 0 radical (unpaired) electrons. The Morgan fingerprint density at radius 1 is 1.28 bits per heavy atom. The number of hydrogen-bond donors (Lipinski definition) is 1. The van der Waals surface area contributed by atoms with E-state index in [2.05, 4.69) is 16.4 Å². The van der Waals surface area contributed by atoms with Crippen molar-refractivity contribution in [3.63, 3.8) is 0 Å². The van der Waals surface area contributed by atoms with Crippen molar-refractivity contribution in [2.75, 3.05) is 11.1 Å². The SMILES string of the molecule is N#Cc1ccc(-c2ccco2)nc1SCC(=O)Nc1cccc(Cl)c1. The highest BCUT2D eigenvalue weighted by Gasteiger charge is 2.12. The van der Waals surface area contributed by atoms with Gasteiger partial charge in [0, 0.05) is 10.7 Å². The molecular formula is C18H12ClN3O2S. The molecule has 0 saturated carbocycles. The molecule has 0 saturated heterocycles. The Bertz CT molecular complexity index is 936. The number of thioether (sulfide) groups is 1. The summed E-state index contributed by atoms with van der Waals surface area (Å²) in [5.74, 6) is 0.520. The maximum absolute atomic E-state index is 12.1. The monoisotopic (exact) mass is 369 g/mol. The summed E-state index contributed by atoms with van der Waals surface area (Å²) in [6.45, 7) is 0. The number of carbonyl (C=O) groups excluding carboxylic acids is 1. The molecule has 0 aliphatic carbocycles. The standard InChI is InChI=1S/C18H12ClN3O2S/c19-13-3-1-4-14(9-13)21-17(23)11-25-18-12(10-20)6-7-15(22-18)16-5-2-8-24-16/h1-9H,11H2,(H,21,23). The second kappa shape index (κ2) is 7.88. The van der Waals surface area contributed by atoms with E-state index in [1.807, 2.05) is 0 Å². The van der Waals surface area contributed by atoms with Gasteiger partial charge in [0.1, 0.15) is 16.8 Å². The molecule has 1 amide bonds. The lowest BCUT2D eigenvalue weighted by molar-refractivity contribution is -0.113. The number of pyridine rings is 1. The Morgan fingerprint density at radius 3 is 2.88 bits per heavy atom. The minimum absolute atomic E-state index is 0.121. The number of hydrogen-bond acceptors (Lipinski definition) is 5. The second-order valence-electron chi connectivity index (χ2n) is 4.99. The van der Waals surface area contributed by atoms with Crippen molar-refractivity contribution in [3.8, 4) is 17.5 Å². The molecule has 0 fully saturated rings. The molecule has 2 heterocycles. The van der Waals surface area contributed by atoms with Gasteiger partial charge in [0.25, 0.3) is 0 Å². The average molecular weight is 370 g/mol. The fourth-order valence-electron chi connectivity index (χ4n) is 2.09. The quantitative estimate of drug-likeness (QED) is 0.665. The van der Waals surface area contributed by atoms with Gasteiger partial charge in [-0.15, -0.1) is 0 Å². The van der Waals surface area contributed by atoms with E-state index < -0.39 is 0 Å². The van der Waals surface area contributed by atoms with Crippen molar-refractivity contribution in [2.45, 2.75) is 5.03 Å². The van der Waals surface area contributed by atoms with Crippen molar-refractivity contribution < 1.29 is 9.21 Å². The van der Waals surface area contributed by atoms with E-state index in [0.29, 0.717) is 32.8 Å². The number of anilines is 1. The molecular weight excluding hydrogens is 358 g/mol. The van der Waals surface area contributed by atoms with Crippen molar-refractivity contribution in [2.24, 2.45) is 0 Å². The van der Waals surface area contributed by atoms with Crippen LogP contribution in [0.1, 0.15) is 5.56 Å². The summed E-state index contributed by atoms with van der Waals surface area (Å²) in [5.41, 5.74) is 1.65. The van der Waals surface area contributed by atoms with Gasteiger partial charge in [0.15, 0.2) is 5.76 Å². The summed E-state index contributed by atoms with van der Waals surface area (Å²) in [6, 6.07) is 15.9. The second-order valence-corrected chi connectivity index (χ2v) is 6.39. The van der Waals surface area contributed by atoms with Gasteiger partial charge in [-0.25, -0.2) is 4.98 Å². The highest BCUT2D eigenvalue weighted by molar-refractivity contribution is 8.00. The molecule has 5 nitrogen and oxygen atoms in total. The Kier molecular flexibility index (Phi) is 5.39. The molecule has 0 bridgehead atoms. The minimum atomic E-state index is -0.207. The molecule has 3 aromatic rings. The first-order valence-electron chi connectivity index (χ1n) is 7.29. The summed E-state index contributed by atoms with van der Waals surface area (Å²) in [6.07, 6.45) is 1.56. The first kappa shape index (κ1) is 17.1. The lowest BCUT2D eigenvalue weighted by Crippen LogP contribution is -2.14. The maximum atomic E-state index is 12.1. The van der Waals surface area contributed by atoms with Crippen LogP contribution in [0.2, 0.25) is 5.02 Å². The van der Waals surface area contributed by atoms with Crippen LogP contribution >= 0.6 is 23.4 Å². The van der Waals surface area contributed by atoms with Gasteiger partial charge < -0.3 is 9.73 Å². The molecule has 0 aliphatic rings. The number of nitrogens with zero attached hydrogens (tertiary/aromatic N) is 2. The third-order valence-electron chi connectivity index (χ3n) is 3.20. The van der Waals surface area contributed by atoms with Crippen LogP contribution in [0, 0.1) is 11.3 Å². The van der Waals surface area contributed by atoms with Crippen molar-refractivity contribution in [3.05, 3.63) is 65.4 Å². The number of nitriles is 1.